The van der Waals surface area contributed by atoms with Gasteiger partial charge in [-0.3, -0.25) is 4.79 Å². The van der Waals surface area contributed by atoms with Crippen LogP contribution in [0, 0.1) is 18.7 Å². The zero-order valence-corrected chi connectivity index (χ0v) is 10.5. The number of methoxy groups -OCH3 is 1. The van der Waals surface area contributed by atoms with Crippen LogP contribution >= 0.6 is 0 Å². The molecule has 0 heterocycles. The van der Waals surface area contributed by atoms with Crippen molar-refractivity contribution in [1.29, 1.82) is 0 Å². The number of hydrogen-bond acceptors (Lipinski definition) is 2. The van der Waals surface area contributed by atoms with Gasteiger partial charge in [0.2, 0.25) is 0 Å². The molecule has 0 aliphatic rings. The van der Waals surface area contributed by atoms with Crippen molar-refractivity contribution >= 4 is 5.97 Å². The van der Waals surface area contributed by atoms with Crippen LogP contribution in [0.1, 0.15) is 30.9 Å². The standard InChI is InChI=1S/C13H17FO3/c1-7(2)12(13(15)16)9-6-11(17-4)8(3)5-10(9)14/h5-7,12H,1-4H3,(H,15,16). The molecule has 1 atom stereocenters. The van der Waals surface area contributed by atoms with E-state index >= 15 is 0 Å². The van der Waals surface area contributed by atoms with Gasteiger partial charge in [-0.25, -0.2) is 4.39 Å². The van der Waals surface area contributed by atoms with Crippen LogP contribution in [0.4, 0.5) is 4.39 Å². The van der Waals surface area contributed by atoms with Gasteiger partial charge in [-0.15, -0.1) is 0 Å². The maximum absolute atomic E-state index is 13.8. The number of carboxylic acids is 1. The van der Waals surface area contributed by atoms with Crippen molar-refractivity contribution in [2.75, 3.05) is 7.11 Å². The van der Waals surface area contributed by atoms with Crippen LogP contribution in [0.2, 0.25) is 0 Å². The summed E-state index contributed by atoms with van der Waals surface area (Å²) in [5.41, 5.74) is 0.830. The Morgan fingerprint density at radius 3 is 2.41 bits per heavy atom. The van der Waals surface area contributed by atoms with Gasteiger partial charge < -0.3 is 9.84 Å². The van der Waals surface area contributed by atoms with E-state index in [-0.39, 0.29) is 11.5 Å². The highest BCUT2D eigenvalue weighted by molar-refractivity contribution is 5.76. The predicted octanol–water partition coefficient (Wildman–Crippen LogP) is 2.97. The highest BCUT2D eigenvalue weighted by Crippen LogP contribution is 2.31. The number of carbonyl (C=O) groups is 1. The summed E-state index contributed by atoms with van der Waals surface area (Å²) in [6.45, 7) is 5.23. The SMILES string of the molecule is COc1cc(C(C(=O)O)C(C)C)c(F)cc1C. The Bertz CT molecular complexity index is 427. The molecular formula is C13H17FO3. The van der Waals surface area contributed by atoms with Gasteiger partial charge in [0.1, 0.15) is 11.6 Å². The van der Waals surface area contributed by atoms with E-state index in [4.69, 9.17) is 9.84 Å². The van der Waals surface area contributed by atoms with E-state index in [0.717, 1.165) is 0 Å². The van der Waals surface area contributed by atoms with E-state index < -0.39 is 17.7 Å². The third-order valence-corrected chi connectivity index (χ3v) is 2.78. The minimum atomic E-state index is -1.02. The number of halogens is 1. The lowest BCUT2D eigenvalue weighted by Crippen LogP contribution is -2.19. The lowest BCUT2D eigenvalue weighted by atomic mass is 9.87. The molecule has 0 aliphatic heterocycles. The number of carboxylic acid groups (broad SMARTS) is 1. The van der Waals surface area contributed by atoms with Crippen LogP contribution in [0.15, 0.2) is 12.1 Å². The number of aryl methyl sites for hydroxylation is 1. The minimum absolute atomic E-state index is 0.176. The molecule has 0 spiro atoms. The van der Waals surface area contributed by atoms with Gasteiger partial charge in [0.25, 0.3) is 0 Å². The molecule has 0 fully saturated rings. The van der Waals surface area contributed by atoms with Crippen molar-refractivity contribution in [3.05, 3.63) is 29.1 Å². The van der Waals surface area contributed by atoms with Crippen molar-refractivity contribution in [2.24, 2.45) is 5.92 Å². The fraction of sp³-hybridized carbons (Fsp3) is 0.462. The van der Waals surface area contributed by atoms with Gasteiger partial charge in [-0.05, 0) is 30.5 Å². The van der Waals surface area contributed by atoms with E-state index in [9.17, 15) is 9.18 Å². The molecule has 17 heavy (non-hydrogen) atoms. The third kappa shape index (κ3) is 2.75. The molecule has 0 bridgehead atoms. The monoisotopic (exact) mass is 240 g/mol. The molecule has 1 unspecified atom stereocenters. The minimum Gasteiger partial charge on any atom is -0.496 e. The van der Waals surface area contributed by atoms with Gasteiger partial charge in [-0.1, -0.05) is 13.8 Å². The van der Waals surface area contributed by atoms with Crippen LogP contribution in [0.3, 0.4) is 0 Å². The Labute approximate surface area is 100 Å². The Balaban J connectivity index is 3.33. The maximum Gasteiger partial charge on any atom is 0.311 e. The Morgan fingerprint density at radius 2 is 2.00 bits per heavy atom. The summed E-state index contributed by atoms with van der Waals surface area (Å²) in [4.78, 5) is 11.2. The van der Waals surface area contributed by atoms with E-state index in [1.165, 1.54) is 19.2 Å². The first-order valence-electron chi connectivity index (χ1n) is 5.45. The van der Waals surface area contributed by atoms with E-state index in [1.807, 2.05) is 0 Å². The Hall–Kier alpha value is -1.58. The lowest BCUT2D eigenvalue weighted by molar-refractivity contribution is -0.139. The van der Waals surface area contributed by atoms with Gasteiger partial charge >= 0.3 is 5.97 Å². The summed E-state index contributed by atoms with van der Waals surface area (Å²) < 4.78 is 18.9. The molecular weight excluding hydrogens is 223 g/mol. The second kappa shape index (κ2) is 5.17. The quantitative estimate of drug-likeness (QED) is 0.880. The number of ether oxygens (including phenoxy) is 1. The highest BCUT2D eigenvalue weighted by atomic mass is 19.1. The number of aliphatic carboxylic acids is 1. The summed E-state index contributed by atoms with van der Waals surface area (Å²) >= 11 is 0. The third-order valence-electron chi connectivity index (χ3n) is 2.78. The average Bonchev–Trinajstić information content (AvgIpc) is 2.20. The van der Waals surface area contributed by atoms with Gasteiger partial charge in [0.05, 0.1) is 13.0 Å². The van der Waals surface area contributed by atoms with Gasteiger partial charge in [0.15, 0.2) is 0 Å². The molecule has 4 heteroatoms. The normalized spacial score (nSPS) is 12.6. The molecule has 1 aromatic carbocycles. The number of benzene rings is 1. The van der Waals surface area contributed by atoms with Crippen LogP contribution in [0.25, 0.3) is 0 Å². The molecule has 0 amide bonds. The fourth-order valence-electron chi connectivity index (χ4n) is 1.90. The highest BCUT2D eigenvalue weighted by Gasteiger charge is 2.27. The fourth-order valence-corrected chi connectivity index (χ4v) is 1.90. The van der Waals surface area contributed by atoms with Crippen molar-refractivity contribution in [3.8, 4) is 5.75 Å². The topological polar surface area (TPSA) is 46.5 Å². The van der Waals surface area contributed by atoms with Crippen molar-refractivity contribution in [1.82, 2.24) is 0 Å². The van der Waals surface area contributed by atoms with Crippen LogP contribution in [-0.2, 0) is 4.79 Å². The molecule has 1 aromatic rings. The molecule has 1 rings (SSSR count). The summed E-state index contributed by atoms with van der Waals surface area (Å²) in [7, 11) is 1.48. The molecule has 3 nitrogen and oxygen atoms in total. The first kappa shape index (κ1) is 13.5. The van der Waals surface area contributed by atoms with Crippen molar-refractivity contribution in [3.63, 3.8) is 0 Å². The van der Waals surface area contributed by atoms with Crippen molar-refractivity contribution in [2.45, 2.75) is 26.7 Å². The Kier molecular flexibility index (Phi) is 4.10. The van der Waals surface area contributed by atoms with E-state index in [0.29, 0.717) is 11.3 Å². The summed E-state index contributed by atoms with van der Waals surface area (Å²) in [5, 5.41) is 9.15. The average molecular weight is 240 g/mol. The second-order valence-electron chi connectivity index (χ2n) is 4.40. The van der Waals surface area contributed by atoms with Crippen LogP contribution in [-0.4, -0.2) is 18.2 Å². The Morgan fingerprint density at radius 1 is 1.41 bits per heavy atom. The summed E-state index contributed by atoms with van der Waals surface area (Å²) in [6.07, 6.45) is 0. The maximum atomic E-state index is 13.8. The zero-order valence-electron chi connectivity index (χ0n) is 10.5. The largest absolute Gasteiger partial charge is 0.496 e. The molecule has 0 radical (unpaired) electrons. The second-order valence-corrected chi connectivity index (χ2v) is 4.40. The summed E-state index contributed by atoms with van der Waals surface area (Å²) in [5.74, 6) is -2.05. The molecule has 0 aliphatic carbocycles. The summed E-state index contributed by atoms with van der Waals surface area (Å²) in [6, 6.07) is 2.79. The predicted molar refractivity (Wildman–Crippen MR) is 62.9 cm³/mol. The number of rotatable bonds is 4. The van der Waals surface area contributed by atoms with Gasteiger partial charge in [0, 0.05) is 5.56 Å². The first-order chi connectivity index (χ1) is 7.88. The zero-order chi connectivity index (χ0) is 13.2. The van der Waals surface area contributed by atoms with E-state index in [1.54, 1.807) is 20.8 Å². The lowest BCUT2D eigenvalue weighted by Gasteiger charge is -2.18. The van der Waals surface area contributed by atoms with Crippen LogP contribution < -0.4 is 4.74 Å². The molecule has 1 N–H and O–H groups in total. The molecule has 0 saturated carbocycles. The molecule has 0 aromatic heterocycles. The number of hydrogen-bond donors (Lipinski definition) is 1. The molecule has 94 valence electrons. The van der Waals surface area contributed by atoms with Crippen molar-refractivity contribution < 1.29 is 19.0 Å². The first-order valence-corrected chi connectivity index (χ1v) is 5.45. The van der Waals surface area contributed by atoms with Gasteiger partial charge in [-0.2, -0.15) is 0 Å². The molecule has 0 saturated heterocycles. The van der Waals surface area contributed by atoms with E-state index in [2.05, 4.69) is 0 Å². The smallest absolute Gasteiger partial charge is 0.311 e. The van der Waals surface area contributed by atoms with Crippen LogP contribution in [0.5, 0.6) is 5.75 Å².